The van der Waals surface area contributed by atoms with Crippen LogP contribution in [0.15, 0.2) is 24.3 Å². The fourth-order valence-corrected chi connectivity index (χ4v) is 4.70. The van der Waals surface area contributed by atoms with Crippen molar-refractivity contribution in [3.63, 3.8) is 0 Å². The summed E-state index contributed by atoms with van der Waals surface area (Å²) in [6.07, 6.45) is 6.28. The van der Waals surface area contributed by atoms with Gasteiger partial charge in [0, 0.05) is 5.92 Å². The quantitative estimate of drug-likeness (QED) is 0.475. The third kappa shape index (κ3) is 2.27. The maximum absolute atomic E-state index is 12.8. The summed E-state index contributed by atoms with van der Waals surface area (Å²) in [4.78, 5) is 25.6. The Bertz CT molecular complexity index is 701. The first-order chi connectivity index (χ1) is 11.5. The lowest BCUT2D eigenvalue weighted by atomic mass is 9.56. The van der Waals surface area contributed by atoms with Crippen LogP contribution >= 0.6 is 0 Å². The van der Waals surface area contributed by atoms with Gasteiger partial charge >= 0.3 is 11.9 Å². The normalized spacial score (nSPS) is 23.8. The van der Waals surface area contributed by atoms with Gasteiger partial charge in [-0.05, 0) is 55.7 Å². The Balaban J connectivity index is 2.27. The number of hydrogen-bond acceptors (Lipinski definition) is 4. The summed E-state index contributed by atoms with van der Waals surface area (Å²) in [7, 11) is 2.69. The van der Waals surface area contributed by atoms with E-state index < -0.39 is 17.4 Å². The fraction of sp³-hybridized carbons (Fsp3) is 0.500. The molecule has 0 radical (unpaired) electrons. The van der Waals surface area contributed by atoms with E-state index in [1.165, 1.54) is 25.3 Å². The monoisotopic (exact) mass is 328 g/mol. The molecule has 0 aliphatic heterocycles. The summed E-state index contributed by atoms with van der Waals surface area (Å²) < 4.78 is 10.2. The van der Waals surface area contributed by atoms with E-state index >= 15 is 0 Å². The van der Waals surface area contributed by atoms with E-state index in [0.717, 1.165) is 24.0 Å². The van der Waals surface area contributed by atoms with Crippen molar-refractivity contribution in [1.29, 1.82) is 0 Å². The largest absolute Gasteiger partial charge is 0.468 e. The molecule has 24 heavy (non-hydrogen) atoms. The number of ether oxygens (including phenoxy) is 2. The SMILES string of the molecule is COC(=O)C1(C(=O)OC)Cc2cc(C)cc(C)c2[C@@H]2C=CCC[C@@H]21. The zero-order chi connectivity index (χ0) is 17.5. The van der Waals surface area contributed by atoms with Crippen LogP contribution in [0.3, 0.4) is 0 Å². The summed E-state index contributed by atoms with van der Waals surface area (Å²) in [6, 6.07) is 4.25. The van der Waals surface area contributed by atoms with Crippen molar-refractivity contribution in [3.05, 3.63) is 46.5 Å². The molecule has 2 aliphatic rings. The number of benzene rings is 1. The molecular weight excluding hydrogens is 304 g/mol. The molecule has 0 saturated carbocycles. The Hall–Kier alpha value is -2.10. The van der Waals surface area contributed by atoms with Gasteiger partial charge in [-0.25, -0.2) is 0 Å². The van der Waals surface area contributed by atoms with E-state index in [1.807, 2.05) is 6.92 Å². The number of fused-ring (bicyclic) bond motifs is 3. The van der Waals surface area contributed by atoms with Gasteiger partial charge in [0.15, 0.2) is 5.41 Å². The van der Waals surface area contributed by atoms with Gasteiger partial charge in [0.1, 0.15) is 0 Å². The number of carbonyl (C=O) groups is 2. The first-order valence-corrected chi connectivity index (χ1v) is 8.39. The van der Waals surface area contributed by atoms with Crippen molar-refractivity contribution in [2.75, 3.05) is 14.2 Å². The lowest BCUT2D eigenvalue weighted by Crippen LogP contribution is -2.53. The van der Waals surface area contributed by atoms with E-state index in [9.17, 15) is 9.59 Å². The van der Waals surface area contributed by atoms with Crippen LogP contribution in [0.2, 0.25) is 0 Å². The van der Waals surface area contributed by atoms with Gasteiger partial charge < -0.3 is 9.47 Å². The maximum atomic E-state index is 12.8. The van der Waals surface area contributed by atoms with E-state index in [4.69, 9.17) is 9.47 Å². The van der Waals surface area contributed by atoms with Gasteiger partial charge in [-0.15, -0.1) is 0 Å². The smallest absolute Gasteiger partial charge is 0.323 e. The lowest BCUT2D eigenvalue weighted by Gasteiger charge is -2.46. The molecule has 1 aromatic carbocycles. The summed E-state index contributed by atoms with van der Waals surface area (Å²) >= 11 is 0. The van der Waals surface area contributed by atoms with Crippen LogP contribution in [0.25, 0.3) is 0 Å². The Labute approximate surface area is 142 Å². The first-order valence-electron chi connectivity index (χ1n) is 8.39. The maximum Gasteiger partial charge on any atom is 0.323 e. The molecule has 128 valence electrons. The van der Waals surface area contributed by atoms with Gasteiger partial charge in [0.05, 0.1) is 14.2 Å². The molecule has 2 atom stereocenters. The van der Waals surface area contributed by atoms with Crippen molar-refractivity contribution in [3.8, 4) is 0 Å². The average Bonchev–Trinajstić information content (AvgIpc) is 2.58. The van der Waals surface area contributed by atoms with Crippen molar-refractivity contribution in [2.24, 2.45) is 11.3 Å². The van der Waals surface area contributed by atoms with E-state index in [1.54, 1.807) is 0 Å². The molecule has 4 nitrogen and oxygen atoms in total. The average molecular weight is 328 g/mol. The number of hydrogen-bond donors (Lipinski definition) is 0. The summed E-state index contributed by atoms with van der Waals surface area (Å²) in [5.41, 5.74) is 3.40. The zero-order valence-corrected chi connectivity index (χ0v) is 14.7. The number of methoxy groups -OCH3 is 2. The molecule has 2 aliphatic carbocycles. The molecule has 0 amide bonds. The standard InChI is InChI=1S/C20H24O4/c1-12-9-13(2)17-14(10-12)11-20(18(21)23-3,19(22)24-4)16-8-6-5-7-15(16)17/h5,7,9-10,15-16H,6,8,11H2,1-4H3/t15-,16+/m1/s1. The number of esters is 2. The Kier molecular flexibility index (Phi) is 4.24. The first kappa shape index (κ1) is 16.7. The molecule has 0 N–H and O–H groups in total. The molecule has 0 bridgehead atoms. The van der Waals surface area contributed by atoms with Crippen LogP contribution in [-0.4, -0.2) is 26.2 Å². The topological polar surface area (TPSA) is 52.6 Å². The second-order valence-electron chi connectivity index (χ2n) is 6.92. The highest BCUT2D eigenvalue weighted by molar-refractivity contribution is 6.01. The van der Waals surface area contributed by atoms with Gasteiger partial charge in [-0.2, -0.15) is 0 Å². The van der Waals surface area contributed by atoms with Crippen LogP contribution in [0.4, 0.5) is 0 Å². The Morgan fingerprint density at radius 1 is 1.12 bits per heavy atom. The molecule has 0 heterocycles. The third-order valence-electron chi connectivity index (χ3n) is 5.57. The molecule has 1 aromatic rings. The second-order valence-corrected chi connectivity index (χ2v) is 6.92. The van der Waals surface area contributed by atoms with Crippen LogP contribution in [0.5, 0.6) is 0 Å². The van der Waals surface area contributed by atoms with Crippen LogP contribution in [0, 0.1) is 25.2 Å². The van der Waals surface area contributed by atoms with Crippen LogP contribution < -0.4 is 0 Å². The predicted octanol–water partition coefficient (Wildman–Crippen LogP) is 3.24. The summed E-state index contributed by atoms with van der Waals surface area (Å²) in [5.74, 6) is -1.05. The molecule has 0 unspecified atom stereocenters. The van der Waals surface area contributed by atoms with Gasteiger partial charge in [-0.1, -0.05) is 29.8 Å². The minimum absolute atomic E-state index is 0.0429. The molecule has 0 spiro atoms. The highest BCUT2D eigenvalue weighted by Crippen LogP contribution is 2.53. The highest BCUT2D eigenvalue weighted by atomic mass is 16.5. The van der Waals surface area contributed by atoms with Crippen molar-refractivity contribution >= 4 is 11.9 Å². The summed E-state index contributed by atoms with van der Waals surface area (Å²) in [5, 5.41) is 0. The third-order valence-corrected chi connectivity index (χ3v) is 5.57. The van der Waals surface area contributed by atoms with E-state index in [2.05, 4.69) is 31.2 Å². The van der Waals surface area contributed by atoms with Gasteiger partial charge in [0.25, 0.3) is 0 Å². The van der Waals surface area contributed by atoms with Crippen molar-refractivity contribution in [2.45, 2.75) is 39.0 Å². The second kappa shape index (κ2) is 6.08. The zero-order valence-electron chi connectivity index (χ0n) is 14.7. The van der Waals surface area contributed by atoms with Crippen molar-refractivity contribution < 1.29 is 19.1 Å². The predicted molar refractivity (Wildman–Crippen MR) is 90.7 cm³/mol. The number of carbonyl (C=O) groups excluding carboxylic acids is 2. The molecule has 0 fully saturated rings. The molecule has 4 heteroatoms. The number of rotatable bonds is 2. The molecule has 0 saturated heterocycles. The van der Waals surface area contributed by atoms with E-state index in [-0.39, 0.29) is 11.8 Å². The highest BCUT2D eigenvalue weighted by Gasteiger charge is 2.59. The van der Waals surface area contributed by atoms with Crippen LogP contribution in [-0.2, 0) is 25.5 Å². The van der Waals surface area contributed by atoms with Gasteiger partial charge in [0.2, 0.25) is 0 Å². The minimum Gasteiger partial charge on any atom is -0.468 e. The molecule has 0 aromatic heterocycles. The van der Waals surface area contributed by atoms with Crippen LogP contribution in [0.1, 0.15) is 41.0 Å². The summed E-state index contributed by atoms with van der Waals surface area (Å²) in [6.45, 7) is 4.14. The van der Waals surface area contributed by atoms with E-state index in [0.29, 0.717) is 6.42 Å². The Morgan fingerprint density at radius 2 is 1.79 bits per heavy atom. The number of allylic oxidation sites excluding steroid dienone is 2. The van der Waals surface area contributed by atoms with Gasteiger partial charge in [-0.3, -0.25) is 9.59 Å². The minimum atomic E-state index is -1.26. The fourth-order valence-electron chi connectivity index (χ4n) is 4.70. The molecular formula is C20H24O4. The Morgan fingerprint density at radius 3 is 2.42 bits per heavy atom. The number of aryl methyl sites for hydroxylation is 2. The lowest BCUT2D eigenvalue weighted by molar-refractivity contribution is -0.175. The van der Waals surface area contributed by atoms with Crippen molar-refractivity contribution in [1.82, 2.24) is 0 Å². The molecule has 3 rings (SSSR count).